The van der Waals surface area contributed by atoms with Crippen LogP contribution in [0.4, 0.5) is 0 Å². The van der Waals surface area contributed by atoms with E-state index >= 15 is 0 Å². The maximum atomic E-state index is 11.4. The molecule has 0 aromatic carbocycles. The van der Waals surface area contributed by atoms with Crippen molar-refractivity contribution in [1.82, 2.24) is 15.1 Å². The molecule has 0 atom stereocenters. The van der Waals surface area contributed by atoms with Crippen LogP contribution in [0.15, 0.2) is 6.07 Å². The second-order valence-electron chi connectivity index (χ2n) is 4.83. The fourth-order valence-corrected chi connectivity index (χ4v) is 1.77. The van der Waals surface area contributed by atoms with Crippen LogP contribution < -0.4 is 5.32 Å². The first-order valence-electron chi connectivity index (χ1n) is 5.88. The molecule has 4 nitrogen and oxygen atoms in total. The third-order valence-electron chi connectivity index (χ3n) is 2.93. The zero-order valence-electron chi connectivity index (χ0n) is 10.2. The van der Waals surface area contributed by atoms with Gasteiger partial charge in [0.1, 0.15) is 0 Å². The van der Waals surface area contributed by atoms with Gasteiger partial charge in [-0.25, -0.2) is 0 Å². The Bertz CT molecular complexity index is 391. The van der Waals surface area contributed by atoms with E-state index < -0.39 is 0 Å². The van der Waals surface area contributed by atoms with Crippen molar-refractivity contribution in [2.45, 2.75) is 39.2 Å². The van der Waals surface area contributed by atoms with Gasteiger partial charge < -0.3 is 5.32 Å². The first-order valence-corrected chi connectivity index (χ1v) is 5.88. The van der Waals surface area contributed by atoms with Crippen LogP contribution in [0.5, 0.6) is 0 Å². The standard InChI is InChI=1S/C12H19N3O/c1-8(2)12(16)13-7-10-6-11(9-4-5-9)15(3)14-10/h6,8-9H,4-5,7H2,1-3H3,(H,13,16). The maximum Gasteiger partial charge on any atom is 0.222 e. The Balaban J connectivity index is 1.94. The van der Waals surface area contributed by atoms with Gasteiger partial charge in [0.25, 0.3) is 0 Å². The Hall–Kier alpha value is -1.32. The van der Waals surface area contributed by atoms with Crippen molar-refractivity contribution in [3.8, 4) is 0 Å². The monoisotopic (exact) mass is 221 g/mol. The summed E-state index contributed by atoms with van der Waals surface area (Å²) in [5.41, 5.74) is 2.26. The van der Waals surface area contributed by atoms with Gasteiger partial charge in [0.2, 0.25) is 5.91 Å². The van der Waals surface area contributed by atoms with Crippen LogP contribution in [0.3, 0.4) is 0 Å². The number of hydrogen-bond acceptors (Lipinski definition) is 2. The van der Waals surface area contributed by atoms with Crippen LogP contribution in [0.25, 0.3) is 0 Å². The summed E-state index contributed by atoms with van der Waals surface area (Å²) in [7, 11) is 1.97. The third kappa shape index (κ3) is 2.43. The molecule has 1 aromatic heterocycles. The zero-order chi connectivity index (χ0) is 11.7. The lowest BCUT2D eigenvalue weighted by atomic mass is 10.2. The summed E-state index contributed by atoms with van der Waals surface area (Å²) in [6.45, 7) is 4.32. The smallest absolute Gasteiger partial charge is 0.222 e. The van der Waals surface area contributed by atoms with Crippen molar-refractivity contribution in [2.24, 2.45) is 13.0 Å². The molecule has 1 amide bonds. The number of aryl methyl sites for hydroxylation is 1. The van der Waals surface area contributed by atoms with Crippen molar-refractivity contribution >= 4 is 5.91 Å². The van der Waals surface area contributed by atoms with Gasteiger partial charge in [-0.05, 0) is 18.9 Å². The Morgan fingerprint density at radius 2 is 2.31 bits per heavy atom. The Morgan fingerprint density at radius 3 is 2.88 bits per heavy atom. The number of aromatic nitrogens is 2. The second kappa shape index (κ2) is 4.28. The lowest BCUT2D eigenvalue weighted by Gasteiger charge is -2.04. The van der Waals surface area contributed by atoms with E-state index in [4.69, 9.17) is 0 Å². The number of carbonyl (C=O) groups is 1. The molecule has 0 radical (unpaired) electrons. The molecule has 0 saturated heterocycles. The van der Waals surface area contributed by atoms with Crippen LogP contribution in [-0.4, -0.2) is 15.7 Å². The van der Waals surface area contributed by atoms with Gasteiger partial charge >= 0.3 is 0 Å². The zero-order valence-corrected chi connectivity index (χ0v) is 10.2. The molecule has 1 saturated carbocycles. The average molecular weight is 221 g/mol. The highest BCUT2D eigenvalue weighted by Gasteiger charge is 2.27. The predicted molar refractivity (Wildman–Crippen MR) is 61.9 cm³/mol. The molecular weight excluding hydrogens is 202 g/mol. The van der Waals surface area contributed by atoms with Crippen molar-refractivity contribution in [3.05, 3.63) is 17.5 Å². The molecule has 1 aliphatic carbocycles. The molecule has 1 heterocycles. The number of nitrogens with zero attached hydrogens (tertiary/aromatic N) is 2. The molecule has 0 unspecified atom stereocenters. The average Bonchev–Trinajstić information content (AvgIpc) is 3.00. The fraction of sp³-hybridized carbons (Fsp3) is 0.667. The Morgan fingerprint density at radius 1 is 1.62 bits per heavy atom. The normalized spacial score (nSPS) is 15.5. The van der Waals surface area contributed by atoms with Gasteiger partial charge in [-0.3, -0.25) is 9.48 Å². The van der Waals surface area contributed by atoms with E-state index in [1.807, 2.05) is 25.6 Å². The minimum absolute atomic E-state index is 0.0339. The van der Waals surface area contributed by atoms with Gasteiger partial charge in [0.05, 0.1) is 12.2 Å². The largest absolute Gasteiger partial charge is 0.350 e. The second-order valence-corrected chi connectivity index (χ2v) is 4.83. The molecule has 2 rings (SSSR count). The SMILES string of the molecule is CC(C)C(=O)NCc1cc(C2CC2)n(C)n1. The first kappa shape index (κ1) is 11.2. The maximum absolute atomic E-state index is 11.4. The van der Waals surface area contributed by atoms with E-state index in [2.05, 4.69) is 16.5 Å². The van der Waals surface area contributed by atoms with E-state index in [1.54, 1.807) is 0 Å². The Kier molecular flexibility index (Phi) is 2.99. The quantitative estimate of drug-likeness (QED) is 0.839. The minimum Gasteiger partial charge on any atom is -0.350 e. The molecule has 0 aliphatic heterocycles. The minimum atomic E-state index is 0.0339. The number of carbonyl (C=O) groups excluding carboxylic acids is 1. The molecule has 16 heavy (non-hydrogen) atoms. The molecule has 0 bridgehead atoms. The molecule has 0 spiro atoms. The number of rotatable bonds is 4. The van der Waals surface area contributed by atoms with Gasteiger partial charge in [-0.1, -0.05) is 13.8 Å². The van der Waals surface area contributed by atoms with Crippen LogP contribution in [0, 0.1) is 5.92 Å². The summed E-state index contributed by atoms with van der Waals surface area (Å²) in [5, 5.41) is 7.29. The van der Waals surface area contributed by atoms with E-state index in [1.165, 1.54) is 18.5 Å². The van der Waals surface area contributed by atoms with E-state index in [0.717, 1.165) is 5.69 Å². The van der Waals surface area contributed by atoms with Crippen LogP contribution in [0.2, 0.25) is 0 Å². The van der Waals surface area contributed by atoms with Crippen molar-refractivity contribution < 1.29 is 4.79 Å². The van der Waals surface area contributed by atoms with Crippen molar-refractivity contribution in [1.29, 1.82) is 0 Å². The first-order chi connectivity index (χ1) is 7.58. The third-order valence-corrected chi connectivity index (χ3v) is 2.93. The summed E-state index contributed by atoms with van der Waals surface area (Å²) in [6, 6.07) is 2.11. The van der Waals surface area contributed by atoms with Gasteiger partial charge in [-0.15, -0.1) is 0 Å². The summed E-state index contributed by atoms with van der Waals surface area (Å²) in [6.07, 6.45) is 2.55. The number of nitrogens with one attached hydrogen (secondary N) is 1. The Labute approximate surface area is 96.0 Å². The molecule has 1 fully saturated rings. The van der Waals surface area contributed by atoms with Gasteiger partial charge in [0.15, 0.2) is 0 Å². The van der Waals surface area contributed by atoms with Crippen LogP contribution in [0.1, 0.15) is 44.0 Å². The highest BCUT2D eigenvalue weighted by atomic mass is 16.1. The molecule has 1 aliphatic rings. The fourth-order valence-electron chi connectivity index (χ4n) is 1.77. The summed E-state index contributed by atoms with van der Waals surface area (Å²) in [4.78, 5) is 11.4. The highest BCUT2D eigenvalue weighted by molar-refractivity contribution is 5.77. The molecule has 4 heteroatoms. The van der Waals surface area contributed by atoms with E-state index in [-0.39, 0.29) is 11.8 Å². The van der Waals surface area contributed by atoms with Crippen molar-refractivity contribution in [3.63, 3.8) is 0 Å². The van der Waals surface area contributed by atoms with Crippen LogP contribution >= 0.6 is 0 Å². The summed E-state index contributed by atoms with van der Waals surface area (Å²) >= 11 is 0. The number of amides is 1. The summed E-state index contributed by atoms with van der Waals surface area (Å²) < 4.78 is 1.94. The van der Waals surface area contributed by atoms with Crippen LogP contribution in [-0.2, 0) is 18.4 Å². The van der Waals surface area contributed by atoms with E-state index in [9.17, 15) is 4.79 Å². The predicted octanol–water partition coefficient (Wildman–Crippen LogP) is 1.57. The van der Waals surface area contributed by atoms with Crippen molar-refractivity contribution in [2.75, 3.05) is 0 Å². The van der Waals surface area contributed by atoms with E-state index in [0.29, 0.717) is 12.5 Å². The van der Waals surface area contributed by atoms with Gasteiger partial charge in [-0.2, -0.15) is 5.10 Å². The van der Waals surface area contributed by atoms with Gasteiger partial charge in [0, 0.05) is 24.6 Å². The lowest BCUT2D eigenvalue weighted by molar-refractivity contribution is -0.124. The summed E-state index contributed by atoms with van der Waals surface area (Å²) in [5.74, 6) is 0.817. The molecular formula is C12H19N3O. The lowest BCUT2D eigenvalue weighted by Crippen LogP contribution is -2.27. The number of hydrogen-bond donors (Lipinski definition) is 1. The highest BCUT2D eigenvalue weighted by Crippen LogP contribution is 2.39. The topological polar surface area (TPSA) is 46.9 Å². The molecule has 88 valence electrons. The molecule has 1 N–H and O–H groups in total. The molecule has 1 aromatic rings.